The van der Waals surface area contributed by atoms with Gasteiger partial charge in [-0.05, 0) is 50.2 Å². The summed E-state index contributed by atoms with van der Waals surface area (Å²) in [5, 5.41) is 6.22. The molecule has 31 heavy (non-hydrogen) atoms. The average Bonchev–Trinajstić information content (AvgIpc) is 3.05. The molecule has 0 unspecified atom stereocenters. The van der Waals surface area contributed by atoms with Crippen LogP contribution in [0.5, 0.6) is 0 Å². The van der Waals surface area contributed by atoms with Gasteiger partial charge in [-0.25, -0.2) is 14.5 Å². The molecule has 162 valence electrons. The van der Waals surface area contributed by atoms with Gasteiger partial charge in [-0.15, -0.1) is 0 Å². The van der Waals surface area contributed by atoms with Gasteiger partial charge in [0.25, 0.3) is 5.91 Å². The maximum absolute atomic E-state index is 13.1. The van der Waals surface area contributed by atoms with E-state index in [2.05, 4.69) is 15.4 Å². The van der Waals surface area contributed by atoms with Gasteiger partial charge in [0, 0.05) is 16.9 Å². The predicted molar refractivity (Wildman–Crippen MR) is 106 cm³/mol. The second-order valence-electron chi connectivity index (χ2n) is 6.56. The number of carbonyl (C=O) groups excluding carboxylic acids is 2. The fourth-order valence-electron chi connectivity index (χ4n) is 2.75. The third kappa shape index (κ3) is 5.40. The number of hydrogen-bond acceptors (Lipinski definition) is 5. The van der Waals surface area contributed by atoms with Gasteiger partial charge < -0.3 is 10.1 Å². The molecule has 7 nitrogen and oxygen atoms in total. The molecule has 0 radical (unpaired) electrons. The molecule has 3 aromatic rings. The van der Waals surface area contributed by atoms with Crippen LogP contribution in [0.1, 0.15) is 27.3 Å². The third-order valence-corrected chi connectivity index (χ3v) is 4.34. The minimum Gasteiger partial charge on any atom is -0.452 e. The molecule has 11 heteroatoms. The highest BCUT2D eigenvalue weighted by Gasteiger charge is 2.34. The van der Waals surface area contributed by atoms with Gasteiger partial charge >= 0.3 is 12.1 Å². The molecule has 0 aliphatic carbocycles. The monoisotopic (exact) mass is 452 g/mol. The summed E-state index contributed by atoms with van der Waals surface area (Å²) in [7, 11) is 0. The normalized spacial score (nSPS) is 11.3. The van der Waals surface area contributed by atoms with Crippen molar-refractivity contribution in [2.24, 2.45) is 0 Å². The van der Waals surface area contributed by atoms with E-state index in [1.54, 1.807) is 10.7 Å². The van der Waals surface area contributed by atoms with Crippen LogP contribution in [0.4, 0.5) is 18.9 Å². The van der Waals surface area contributed by atoms with Crippen LogP contribution in [0.3, 0.4) is 0 Å². The summed E-state index contributed by atoms with van der Waals surface area (Å²) in [4.78, 5) is 28.3. The van der Waals surface area contributed by atoms with E-state index in [0.717, 1.165) is 17.5 Å². The lowest BCUT2D eigenvalue weighted by molar-refractivity contribution is -0.137. The molecule has 2 aromatic heterocycles. The molecule has 0 atom stereocenters. The first-order valence-corrected chi connectivity index (χ1v) is 9.26. The first-order chi connectivity index (χ1) is 14.5. The van der Waals surface area contributed by atoms with Crippen LogP contribution in [-0.2, 0) is 15.7 Å². The molecular weight excluding hydrogens is 437 g/mol. The number of nitrogens with one attached hydrogen (secondary N) is 1. The van der Waals surface area contributed by atoms with Crippen molar-refractivity contribution in [3.63, 3.8) is 0 Å². The summed E-state index contributed by atoms with van der Waals surface area (Å²) in [6.07, 6.45) is -3.46. The number of carbonyl (C=O) groups is 2. The Morgan fingerprint density at radius 3 is 2.48 bits per heavy atom. The third-order valence-electron chi connectivity index (χ3n) is 4.11. The van der Waals surface area contributed by atoms with Gasteiger partial charge in [-0.1, -0.05) is 11.6 Å². The lowest BCUT2D eigenvalue weighted by atomic mass is 10.1. The zero-order chi connectivity index (χ0) is 22.8. The number of aryl methyl sites for hydroxylation is 2. The van der Waals surface area contributed by atoms with Gasteiger partial charge in [0.05, 0.1) is 22.5 Å². The van der Waals surface area contributed by atoms with Gasteiger partial charge in [-0.2, -0.15) is 18.3 Å². The van der Waals surface area contributed by atoms with Crippen LogP contribution in [0.15, 0.2) is 42.6 Å². The summed E-state index contributed by atoms with van der Waals surface area (Å²) in [5.41, 5.74) is 0.138. The van der Waals surface area contributed by atoms with E-state index >= 15 is 0 Å². The highest BCUT2D eigenvalue weighted by Crippen LogP contribution is 2.36. The number of alkyl halides is 3. The van der Waals surface area contributed by atoms with Crippen LogP contribution in [0.2, 0.25) is 5.02 Å². The summed E-state index contributed by atoms with van der Waals surface area (Å²) < 4.78 is 45.7. The van der Waals surface area contributed by atoms with Crippen LogP contribution in [0, 0.1) is 13.8 Å². The van der Waals surface area contributed by atoms with E-state index in [-0.39, 0.29) is 10.6 Å². The van der Waals surface area contributed by atoms with E-state index in [1.807, 2.05) is 19.9 Å². The van der Waals surface area contributed by atoms with Crippen LogP contribution in [0.25, 0.3) is 5.82 Å². The molecule has 1 aromatic carbocycles. The Balaban J connectivity index is 1.62. The molecule has 0 bridgehead atoms. The van der Waals surface area contributed by atoms with Crippen molar-refractivity contribution in [2.45, 2.75) is 20.0 Å². The Labute approximate surface area is 179 Å². The molecular formula is C20H16ClF3N4O3. The zero-order valence-electron chi connectivity index (χ0n) is 16.3. The number of rotatable bonds is 5. The maximum Gasteiger partial charge on any atom is 0.418 e. The van der Waals surface area contributed by atoms with Crippen molar-refractivity contribution in [3.8, 4) is 5.82 Å². The second-order valence-corrected chi connectivity index (χ2v) is 6.99. The number of hydrogen-bond donors (Lipinski definition) is 1. The highest BCUT2D eigenvalue weighted by atomic mass is 35.5. The smallest absolute Gasteiger partial charge is 0.418 e. The molecule has 3 rings (SSSR count). The number of ether oxygens (including phenoxy) is 1. The minimum absolute atomic E-state index is 0.0700. The molecule has 0 aliphatic heterocycles. The van der Waals surface area contributed by atoms with Gasteiger partial charge in [0.1, 0.15) is 0 Å². The number of halogens is 4. The van der Waals surface area contributed by atoms with E-state index in [4.69, 9.17) is 16.3 Å². The number of aromatic nitrogens is 3. The number of esters is 1. The molecule has 1 amide bonds. The summed E-state index contributed by atoms with van der Waals surface area (Å²) >= 11 is 5.60. The Bertz CT molecular complexity index is 1130. The predicted octanol–water partition coefficient (Wildman–Crippen LogP) is 4.35. The fraction of sp³-hybridized carbons (Fsp3) is 0.200. The van der Waals surface area contributed by atoms with E-state index in [9.17, 15) is 22.8 Å². The largest absolute Gasteiger partial charge is 0.452 e. The van der Waals surface area contributed by atoms with Crippen molar-refractivity contribution in [1.82, 2.24) is 14.8 Å². The van der Waals surface area contributed by atoms with E-state index in [1.165, 1.54) is 18.3 Å². The first kappa shape index (κ1) is 22.3. The second kappa shape index (κ2) is 8.76. The highest BCUT2D eigenvalue weighted by molar-refractivity contribution is 6.30. The Hall–Kier alpha value is -3.40. The standard InChI is InChI=1S/C20H16ClF3N4O3/c1-11-7-12(2)28(27-11)17-6-3-13(9-25-17)19(30)31-10-18(29)26-16-5-4-14(21)8-15(16)20(22,23)24/h3-9H,10H2,1-2H3,(H,26,29). The van der Waals surface area contributed by atoms with Crippen molar-refractivity contribution in [3.05, 3.63) is 70.1 Å². The molecule has 0 spiro atoms. The summed E-state index contributed by atoms with van der Waals surface area (Å²) in [5.74, 6) is -1.30. The van der Waals surface area contributed by atoms with Gasteiger partial charge in [0.15, 0.2) is 12.4 Å². The number of anilines is 1. The van der Waals surface area contributed by atoms with Crippen LogP contribution >= 0.6 is 11.6 Å². The molecule has 0 saturated carbocycles. The Morgan fingerprint density at radius 1 is 1.16 bits per heavy atom. The van der Waals surface area contributed by atoms with Crippen molar-refractivity contribution in [2.75, 3.05) is 11.9 Å². The number of nitrogens with zero attached hydrogens (tertiary/aromatic N) is 3. The SMILES string of the molecule is Cc1cc(C)n(-c2ccc(C(=O)OCC(=O)Nc3ccc(Cl)cc3C(F)(F)F)cn2)n1. The van der Waals surface area contributed by atoms with Crippen molar-refractivity contribution in [1.29, 1.82) is 0 Å². The summed E-state index contributed by atoms with van der Waals surface area (Å²) in [6.45, 7) is 2.91. The topological polar surface area (TPSA) is 86.1 Å². The number of benzene rings is 1. The molecule has 1 N–H and O–H groups in total. The zero-order valence-corrected chi connectivity index (χ0v) is 17.1. The molecule has 0 aliphatic rings. The van der Waals surface area contributed by atoms with Crippen molar-refractivity contribution < 1.29 is 27.5 Å². The number of amides is 1. The van der Waals surface area contributed by atoms with Gasteiger partial charge in [-0.3, -0.25) is 4.79 Å². The minimum atomic E-state index is -4.72. The Kier molecular flexibility index (Phi) is 6.30. The summed E-state index contributed by atoms with van der Waals surface area (Å²) in [6, 6.07) is 7.78. The molecule has 0 fully saturated rings. The van der Waals surface area contributed by atoms with Crippen LogP contribution in [-0.4, -0.2) is 33.2 Å². The molecule has 0 saturated heterocycles. The van der Waals surface area contributed by atoms with E-state index < -0.39 is 35.9 Å². The molecule has 2 heterocycles. The van der Waals surface area contributed by atoms with Crippen LogP contribution < -0.4 is 5.32 Å². The van der Waals surface area contributed by atoms with Gasteiger partial charge in [0.2, 0.25) is 0 Å². The van der Waals surface area contributed by atoms with E-state index in [0.29, 0.717) is 11.9 Å². The van der Waals surface area contributed by atoms with Crippen molar-refractivity contribution >= 4 is 29.2 Å². The Morgan fingerprint density at radius 2 is 1.90 bits per heavy atom. The maximum atomic E-state index is 13.1. The quantitative estimate of drug-likeness (QED) is 0.581. The fourth-order valence-corrected chi connectivity index (χ4v) is 2.93. The lowest BCUT2D eigenvalue weighted by Crippen LogP contribution is -2.23. The lowest BCUT2D eigenvalue weighted by Gasteiger charge is -2.14. The average molecular weight is 453 g/mol. The number of pyridine rings is 1. The first-order valence-electron chi connectivity index (χ1n) is 8.88.